The second kappa shape index (κ2) is 9.66. The summed E-state index contributed by atoms with van der Waals surface area (Å²) in [6.45, 7) is 10.7. The highest BCUT2D eigenvalue weighted by molar-refractivity contribution is 6.00. The molecule has 0 saturated heterocycles. The van der Waals surface area contributed by atoms with Crippen molar-refractivity contribution in [3.05, 3.63) is 47.6 Å². The van der Waals surface area contributed by atoms with Crippen LogP contribution in [-0.2, 0) is 23.9 Å². The largest absolute Gasteiger partial charge is 0.455 e. The van der Waals surface area contributed by atoms with Crippen LogP contribution in [0.4, 0.5) is 0 Å². The summed E-state index contributed by atoms with van der Waals surface area (Å²) in [5.74, 6) is -3.67. The van der Waals surface area contributed by atoms with Crippen LogP contribution in [0.3, 0.4) is 0 Å². The van der Waals surface area contributed by atoms with Crippen LogP contribution in [0.1, 0.15) is 60.8 Å². The van der Waals surface area contributed by atoms with Crippen LogP contribution in [-0.4, -0.2) is 51.8 Å². The van der Waals surface area contributed by atoms with E-state index in [4.69, 9.17) is 9.47 Å². The zero-order valence-corrected chi connectivity index (χ0v) is 22.7. The molecule has 4 aliphatic carbocycles. The first-order chi connectivity index (χ1) is 17.4. The van der Waals surface area contributed by atoms with Crippen molar-refractivity contribution < 1.29 is 34.1 Å². The van der Waals surface area contributed by atoms with Gasteiger partial charge in [0, 0.05) is 48.0 Å². The van der Waals surface area contributed by atoms with Crippen LogP contribution in [0.5, 0.6) is 0 Å². The van der Waals surface area contributed by atoms with E-state index in [-0.39, 0.29) is 18.3 Å². The minimum Gasteiger partial charge on any atom is -0.455 e. The molecule has 202 valence electrons. The van der Waals surface area contributed by atoms with E-state index in [2.05, 4.69) is 6.92 Å². The number of ketones is 1. The Morgan fingerprint density at radius 2 is 1.89 bits per heavy atom. The van der Waals surface area contributed by atoms with Crippen molar-refractivity contribution in [1.82, 2.24) is 0 Å². The van der Waals surface area contributed by atoms with Gasteiger partial charge in [-0.25, -0.2) is 4.79 Å². The van der Waals surface area contributed by atoms with Crippen molar-refractivity contribution in [2.24, 2.45) is 35.0 Å². The van der Waals surface area contributed by atoms with Crippen LogP contribution < -0.4 is 0 Å². The normalized spacial score (nSPS) is 39.8. The topological polar surface area (TPSA) is 110 Å². The predicted molar refractivity (Wildman–Crippen MR) is 138 cm³/mol. The van der Waals surface area contributed by atoms with Gasteiger partial charge in [0.05, 0.1) is 12.2 Å². The third-order valence-electron chi connectivity index (χ3n) is 9.38. The molecular formula is C30H40O7. The van der Waals surface area contributed by atoms with Gasteiger partial charge >= 0.3 is 11.9 Å². The van der Waals surface area contributed by atoms with Gasteiger partial charge in [-0.15, -0.1) is 0 Å². The summed E-state index contributed by atoms with van der Waals surface area (Å²) in [5, 5.41) is 22.7. The molecule has 0 heterocycles. The van der Waals surface area contributed by atoms with Crippen molar-refractivity contribution in [3.63, 3.8) is 0 Å². The third kappa shape index (κ3) is 4.06. The van der Waals surface area contributed by atoms with Gasteiger partial charge in [0.1, 0.15) is 6.10 Å². The Morgan fingerprint density at radius 1 is 1.19 bits per heavy atom. The molecular weight excluding hydrogens is 472 g/mol. The molecule has 0 bridgehead atoms. The lowest BCUT2D eigenvalue weighted by Gasteiger charge is -2.52. The standard InChI is InChI=1S/C30H40O7/c1-7-8-9-10-11-12-24(33)36-27-18(3)29(35)22-13-17(2)25(34)21(22)14-20(16-31)15-23(29)26-28(5,6)30(26,27)37-19(4)32/h9-13,15,18,21-23,26-27,31,35H,7-8,14,16H2,1-6H3/t18-,21-,22-,23+,26-,27-,29+,30-/m1/s1. The molecule has 0 aromatic rings. The number of unbranched alkanes of at least 4 members (excludes halogenated alkanes) is 1. The van der Waals surface area contributed by atoms with E-state index in [1.807, 2.05) is 39.0 Å². The number of carbonyl (C=O) groups is 3. The molecule has 0 aromatic carbocycles. The van der Waals surface area contributed by atoms with E-state index in [9.17, 15) is 24.6 Å². The van der Waals surface area contributed by atoms with Crippen molar-refractivity contribution in [2.75, 3.05) is 6.61 Å². The average molecular weight is 513 g/mol. The van der Waals surface area contributed by atoms with E-state index in [0.717, 1.165) is 12.8 Å². The highest BCUT2D eigenvalue weighted by Crippen LogP contribution is 2.76. The van der Waals surface area contributed by atoms with E-state index in [1.54, 1.807) is 19.1 Å². The van der Waals surface area contributed by atoms with Crippen molar-refractivity contribution in [3.8, 4) is 0 Å². The fourth-order valence-corrected chi connectivity index (χ4v) is 7.64. The summed E-state index contributed by atoms with van der Waals surface area (Å²) in [6.07, 6.45) is 11.8. The number of esters is 2. The Kier molecular flexibility index (Phi) is 7.19. The van der Waals surface area contributed by atoms with Crippen LogP contribution in [0.2, 0.25) is 0 Å². The lowest BCUT2D eigenvalue weighted by Crippen LogP contribution is -2.63. The minimum absolute atomic E-state index is 0.0344. The summed E-state index contributed by atoms with van der Waals surface area (Å²) in [5.41, 5.74) is -1.94. The highest BCUT2D eigenvalue weighted by atomic mass is 16.6. The zero-order chi connectivity index (χ0) is 27.3. The van der Waals surface area contributed by atoms with E-state index in [1.165, 1.54) is 13.0 Å². The van der Waals surface area contributed by atoms with Crippen molar-refractivity contribution in [1.29, 1.82) is 0 Å². The van der Waals surface area contributed by atoms with Crippen molar-refractivity contribution >= 4 is 17.7 Å². The molecule has 4 aliphatic rings. The molecule has 2 fully saturated rings. The zero-order valence-electron chi connectivity index (χ0n) is 22.7. The number of aliphatic hydroxyl groups is 2. The third-order valence-corrected chi connectivity index (χ3v) is 9.38. The summed E-state index contributed by atoms with van der Waals surface area (Å²) in [7, 11) is 0. The van der Waals surface area contributed by atoms with Gasteiger partial charge in [0.25, 0.3) is 0 Å². The summed E-state index contributed by atoms with van der Waals surface area (Å²) in [4.78, 5) is 38.5. The van der Waals surface area contributed by atoms with Gasteiger partial charge in [-0.1, -0.05) is 64.5 Å². The summed E-state index contributed by atoms with van der Waals surface area (Å²) >= 11 is 0. The van der Waals surface area contributed by atoms with Crippen molar-refractivity contribution in [2.45, 2.75) is 78.1 Å². The average Bonchev–Trinajstić information content (AvgIpc) is 3.22. The van der Waals surface area contributed by atoms with Gasteiger partial charge < -0.3 is 19.7 Å². The van der Waals surface area contributed by atoms with E-state index < -0.39 is 58.3 Å². The maximum Gasteiger partial charge on any atom is 0.331 e. The molecule has 0 radical (unpaired) electrons. The van der Waals surface area contributed by atoms with E-state index >= 15 is 0 Å². The highest BCUT2D eigenvalue weighted by Gasteiger charge is 2.87. The van der Waals surface area contributed by atoms with Crippen LogP contribution in [0, 0.1) is 35.0 Å². The first-order valence-corrected chi connectivity index (χ1v) is 13.4. The van der Waals surface area contributed by atoms with Gasteiger partial charge in [0.2, 0.25) is 0 Å². The number of hydrogen-bond acceptors (Lipinski definition) is 7. The Bertz CT molecular complexity index is 1100. The van der Waals surface area contributed by atoms with Gasteiger partial charge in [-0.3, -0.25) is 9.59 Å². The number of allylic oxidation sites excluding steroid dienone is 4. The Morgan fingerprint density at radius 3 is 2.51 bits per heavy atom. The van der Waals surface area contributed by atoms with Gasteiger partial charge in [-0.05, 0) is 30.9 Å². The molecule has 7 heteroatoms. The van der Waals surface area contributed by atoms with Gasteiger partial charge in [-0.2, -0.15) is 0 Å². The lowest BCUT2D eigenvalue weighted by atomic mass is 9.60. The molecule has 4 rings (SSSR count). The summed E-state index contributed by atoms with van der Waals surface area (Å²) in [6, 6.07) is 0. The molecule has 37 heavy (non-hydrogen) atoms. The predicted octanol–water partition coefficient (Wildman–Crippen LogP) is 3.85. The number of ether oxygens (including phenoxy) is 2. The fourth-order valence-electron chi connectivity index (χ4n) is 7.64. The molecule has 0 aromatic heterocycles. The molecule has 2 saturated carbocycles. The Balaban J connectivity index is 1.81. The molecule has 2 N–H and O–H groups in total. The van der Waals surface area contributed by atoms with Crippen LogP contribution in [0.25, 0.3) is 0 Å². The Hall–Kier alpha value is -2.51. The van der Waals surface area contributed by atoms with E-state index in [0.29, 0.717) is 17.6 Å². The molecule has 0 unspecified atom stereocenters. The summed E-state index contributed by atoms with van der Waals surface area (Å²) < 4.78 is 12.1. The molecule has 7 nitrogen and oxygen atoms in total. The number of Topliss-reactive ketones (excluding diaryl/α,β-unsaturated/α-hetero) is 1. The monoisotopic (exact) mass is 512 g/mol. The number of rotatable bonds is 7. The number of hydrogen-bond donors (Lipinski definition) is 2. The maximum atomic E-state index is 13.1. The Labute approximate surface area is 219 Å². The maximum absolute atomic E-state index is 13.1. The molecule has 0 amide bonds. The minimum atomic E-state index is -1.45. The number of fused-ring (bicyclic) bond motifs is 5. The smallest absolute Gasteiger partial charge is 0.331 e. The second-order valence-corrected chi connectivity index (χ2v) is 11.8. The fraction of sp³-hybridized carbons (Fsp3) is 0.633. The quantitative estimate of drug-likeness (QED) is 0.231. The van der Waals surface area contributed by atoms with Gasteiger partial charge in [0.15, 0.2) is 11.4 Å². The first kappa shape index (κ1) is 27.5. The number of carbonyl (C=O) groups excluding carboxylic acids is 3. The van der Waals surface area contributed by atoms with Crippen LogP contribution >= 0.6 is 0 Å². The lowest BCUT2D eigenvalue weighted by molar-refractivity contribution is -0.217. The SMILES string of the molecule is CCCC=CC=CC(=O)O[C@@H]1[C@@H](C)[C@]2(O)[C@@H]3C=C(C)C(=O)[C@@H]3CC(CO)=C[C@H]2[C@@H]2C(C)(C)[C@]12OC(C)=O. The molecule has 0 aliphatic heterocycles. The number of aliphatic hydroxyl groups excluding tert-OH is 1. The second-order valence-electron chi connectivity index (χ2n) is 11.8. The molecule has 8 atom stereocenters. The molecule has 0 spiro atoms. The van der Waals surface area contributed by atoms with Crippen LogP contribution in [0.15, 0.2) is 47.6 Å². The first-order valence-electron chi connectivity index (χ1n) is 13.4.